The number of carbonyl (C=O) groups excluding carboxylic acids is 1. The average Bonchev–Trinajstić information content (AvgIpc) is 3.02. The average molecular weight is 283 g/mol. The van der Waals surface area contributed by atoms with Crippen molar-refractivity contribution in [1.29, 1.82) is 0 Å². The van der Waals surface area contributed by atoms with Crippen LogP contribution in [0.25, 0.3) is 5.52 Å². The topological polar surface area (TPSA) is 64.2 Å². The highest BCUT2D eigenvalue weighted by Crippen LogP contribution is 2.12. The molecule has 0 saturated carbocycles. The van der Waals surface area contributed by atoms with Crippen LogP contribution >= 0.6 is 0 Å². The molecule has 0 fully saturated rings. The van der Waals surface area contributed by atoms with Gasteiger partial charge in [-0.2, -0.15) is 5.10 Å². The molecule has 0 spiro atoms. The van der Waals surface area contributed by atoms with Crippen molar-refractivity contribution >= 4 is 11.4 Å². The van der Waals surface area contributed by atoms with Gasteiger partial charge in [0.25, 0.3) is 5.91 Å². The van der Waals surface area contributed by atoms with E-state index in [4.69, 9.17) is 0 Å². The summed E-state index contributed by atoms with van der Waals surface area (Å²) in [5, 5.41) is 7.29. The number of aromatic nitrogens is 4. The smallest absolute Gasteiger partial charge is 0.251 e. The second-order valence-electron chi connectivity index (χ2n) is 5.10. The Morgan fingerprint density at radius 1 is 1.38 bits per heavy atom. The van der Waals surface area contributed by atoms with Crippen LogP contribution in [-0.4, -0.2) is 25.1 Å². The molecule has 0 aromatic carbocycles. The fourth-order valence-electron chi connectivity index (χ4n) is 2.40. The number of fused-ring (bicyclic) bond motifs is 1. The number of pyridine rings is 1. The molecule has 3 heterocycles. The lowest BCUT2D eigenvalue weighted by molar-refractivity contribution is 0.0951. The zero-order chi connectivity index (χ0) is 15.0. The van der Waals surface area contributed by atoms with E-state index >= 15 is 0 Å². The normalized spacial score (nSPS) is 11.0. The summed E-state index contributed by atoms with van der Waals surface area (Å²) in [5.41, 5.74) is 4.61. The van der Waals surface area contributed by atoms with E-state index in [2.05, 4.69) is 15.4 Å². The summed E-state index contributed by atoms with van der Waals surface area (Å²) >= 11 is 0. The molecule has 0 aliphatic rings. The van der Waals surface area contributed by atoms with Crippen LogP contribution in [0.3, 0.4) is 0 Å². The SMILES string of the molecule is Cc1nn(C)c(C)c1CNC(=O)c1ccn2cncc2c1. The van der Waals surface area contributed by atoms with Crippen molar-refractivity contribution in [3.8, 4) is 0 Å². The van der Waals surface area contributed by atoms with Crippen molar-refractivity contribution in [2.45, 2.75) is 20.4 Å². The standard InChI is InChI=1S/C15H17N5O/c1-10-14(11(2)19(3)18-10)8-17-15(21)12-4-5-20-9-16-7-13(20)6-12/h4-7,9H,8H2,1-3H3,(H,17,21). The predicted octanol–water partition coefficient (Wildman–Crippen LogP) is 1.61. The Bertz CT molecular complexity index is 815. The zero-order valence-corrected chi connectivity index (χ0v) is 12.3. The van der Waals surface area contributed by atoms with Gasteiger partial charge in [0.1, 0.15) is 0 Å². The summed E-state index contributed by atoms with van der Waals surface area (Å²) in [6.07, 6.45) is 5.27. The summed E-state index contributed by atoms with van der Waals surface area (Å²) in [4.78, 5) is 16.3. The molecule has 0 saturated heterocycles. The first-order valence-corrected chi connectivity index (χ1v) is 6.75. The number of imidazole rings is 1. The Hall–Kier alpha value is -2.63. The fraction of sp³-hybridized carbons (Fsp3) is 0.267. The van der Waals surface area contributed by atoms with Gasteiger partial charge in [-0.25, -0.2) is 4.98 Å². The highest BCUT2D eigenvalue weighted by Gasteiger charge is 2.12. The van der Waals surface area contributed by atoms with Crippen molar-refractivity contribution < 1.29 is 4.79 Å². The molecule has 6 nitrogen and oxygen atoms in total. The zero-order valence-electron chi connectivity index (χ0n) is 12.3. The number of carbonyl (C=O) groups is 1. The first-order valence-electron chi connectivity index (χ1n) is 6.75. The molecule has 0 bridgehead atoms. The Morgan fingerprint density at radius 3 is 2.90 bits per heavy atom. The second-order valence-corrected chi connectivity index (χ2v) is 5.10. The monoisotopic (exact) mass is 283 g/mol. The summed E-state index contributed by atoms with van der Waals surface area (Å²) < 4.78 is 3.70. The van der Waals surface area contributed by atoms with E-state index in [0.29, 0.717) is 12.1 Å². The predicted molar refractivity (Wildman–Crippen MR) is 79.0 cm³/mol. The number of aryl methyl sites for hydroxylation is 2. The van der Waals surface area contributed by atoms with E-state index in [1.54, 1.807) is 18.6 Å². The van der Waals surface area contributed by atoms with Crippen LogP contribution < -0.4 is 5.32 Å². The van der Waals surface area contributed by atoms with Gasteiger partial charge in [-0.1, -0.05) is 0 Å². The van der Waals surface area contributed by atoms with Gasteiger partial charge < -0.3 is 9.72 Å². The molecule has 1 amide bonds. The van der Waals surface area contributed by atoms with E-state index in [1.165, 1.54) is 0 Å². The Kier molecular flexibility index (Phi) is 3.21. The van der Waals surface area contributed by atoms with Crippen LogP contribution in [0.2, 0.25) is 0 Å². The minimum atomic E-state index is -0.0960. The lowest BCUT2D eigenvalue weighted by atomic mass is 10.2. The molecule has 0 radical (unpaired) electrons. The van der Waals surface area contributed by atoms with Crippen molar-refractivity contribution in [2.24, 2.45) is 7.05 Å². The van der Waals surface area contributed by atoms with Gasteiger partial charge in [0.05, 0.1) is 23.7 Å². The fourth-order valence-corrected chi connectivity index (χ4v) is 2.40. The van der Waals surface area contributed by atoms with Crippen LogP contribution in [0.5, 0.6) is 0 Å². The van der Waals surface area contributed by atoms with E-state index in [1.807, 2.05) is 42.2 Å². The lowest BCUT2D eigenvalue weighted by Crippen LogP contribution is -2.23. The summed E-state index contributed by atoms with van der Waals surface area (Å²) in [6.45, 7) is 4.43. The van der Waals surface area contributed by atoms with Crippen LogP contribution in [0, 0.1) is 13.8 Å². The molecule has 3 aromatic rings. The third-order valence-electron chi connectivity index (χ3n) is 3.76. The summed E-state index contributed by atoms with van der Waals surface area (Å²) in [7, 11) is 1.90. The maximum Gasteiger partial charge on any atom is 0.251 e. The molecule has 1 N–H and O–H groups in total. The molecule has 3 rings (SSSR count). The highest BCUT2D eigenvalue weighted by molar-refractivity contribution is 5.95. The van der Waals surface area contributed by atoms with E-state index in [-0.39, 0.29) is 5.91 Å². The molecule has 6 heteroatoms. The molecule has 108 valence electrons. The van der Waals surface area contributed by atoms with Crippen molar-refractivity contribution in [3.05, 3.63) is 53.4 Å². The van der Waals surface area contributed by atoms with Crippen LogP contribution in [0.1, 0.15) is 27.3 Å². The second kappa shape index (κ2) is 5.05. The van der Waals surface area contributed by atoms with Gasteiger partial charge in [0, 0.05) is 36.6 Å². The highest BCUT2D eigenvalue weighted by atomic mass is 16.1. The molecule has 0 aliphatic heterocycles. The van der Waals surface area contributed by atoms with E-state index in [9.17, 15) is 4.79 Å². The van der Waals surface area contributed by atoms with Crippen LogP contribution in [0.15, 0.2) is 30.9 Å². The van der Waals surface area contributed by atoms with Crippen LogP contribution in [0.4, 0.5) is 0 Å². The Labute approximate surface area is 122 Å². The first kappa shape index (κ1) is 13.4. The molecule has 0 unspecified atom stereocenters. The third-order valence-corrected chi connectivity index (χ3v) is 3.76. The van der Waals surface area contributed by atoms with E-state index < -0.39 is 0 Å². The number of amides is 1. The van der Waals surface area contributed by atoms with Crippen molar-refractivity contribution in [2.75, 3.05) is 0 Å². The minimum Gasteiger partial charge on any atom is -0.348 e. The third kappa shape index (κ3) is 2.40. The van der Waals surface area contributed by atoms with E-state index in [0.717, 1.165) is 22.5 Å². The van der Waals surface area contributed by atoms with Gasteiger partial charge in [0.2, 0.25) is 0 Å². The summed E-state index contributed by atoms with van der Waals surface area (Å²) in [6, 6.07) is 3.61. The maximum absolute atomic E-state index is 12.2. The molecule has 0 atom stereocenters. The summed E-state index contributed by atoms with van der Waals surface area (Å²) in [5.74, 6) is -0.0960. The number of rotatable bonds is 3. The Morgan fingerprint density at radius 2 is 2.19 bits per heavy atom. The molecular weight excluding hydrogens is 266 g/mol. The number of nitrogens with one attached hydrogen (secondary N) is 1. The molecule has 21 heavy (non-hydrogen) atoms. The molecule has 3 aromatic heterocycles. The van der Waals surface area contributed by atoms with Gasteiger partial charge in [-0.15, -0.1) is 0 Å². The quantitative estimate of drug-likeness (QED) is 0.794. The van der Waals surface area contributed by atoms with Gasteiger partial charge in [-0.05, 0) is 26.0 Å². The number of hydrogen-bond donors (Lipinski definition) is 1. The number of hydrogen-bond acceptors (Lipinski definition) is 3. The van der Waals surface area contributed by atoms with Gasteiger partial charge >= 0.3 is 0 Å². The van der Waals surface area contributed by atoms with Crippen LogP contribution in [-0.2, 0) is 13.6 Å². The largest absolute Gasteiger partial charge is 0.348 e. The lowest BCUT2D eigenvalue weighted by Gasteiger charge is -2.06. The molecular formula is C15H17N5O. The maximum atomic E-state index is 12.2. The minimum absolute atomic E-state index is 0.0960. The Balaban J connectivity index is 1.76. The van der Waals surface area contributed by atoms with Gasteiger partial charge in [0.15, 0.2) is 0 Å². The number of nitrogens with zero attached hydrogens (tertiary/aromatic N) is 4. The van der Waals surface area contributed by atoms with Gasteiger partial charge in [-0.3, -0.25) is 9.48 Å². The van der Waals surface area contributed by atoms with Crippen molar-refractivity contribution in [3.63, 3.8) is 0 Å². The molecule has 0 aliphatic carbocycles. The first-order chi connectivity index (χ1) is 10.1. The van der Waals surface area contributed by atoms with Crippen molar-refractivity contribution in [1.82, 2.24) is 24.5 Å².